The molecule has 0 spiro atoms. The van der Waals surface area contributed by atoms with E-state index in [-0.39, 0.29) is 12.5 Å². The van der Waals surface area contributed by atoms with Crippen molar-refractivity contribution in [2.24, 2.45) is 0 Å². The van der Waals surface area contributed by atoms with E-state index >= 15 is 0 Å². The monoisotopic (exact) mass is 343 g/mol. The van der Waals surface area contributed by atoms with Gasteiger partial charge in [-0.25, -0.2) is 4.79 Å². The molecule has 0 aliphatic heterocycles. The molecule has 0 unspecified atom stereocenters. The van der Waals surface area contributed by atoms with Crippen molar-refractivity contribution in [2.75, 3.05) is 13.2 Å². The van der Waals surface area contributed by atoms with Crippen LogP contribution in [0.25, 0.3) is 0 Å². The number of carboxylic acids is 1. The van der Waals surface area contributed by atoms with Gasteiger partial charge in [0.1, 0.15) is 11.5 Å². The van der Waals surface area contributed by atoms with Crippen LogP contribution in [0.3, 0.4) is 0 Å². The number of rotatable bonds is 9. The Morgan fingerprint density at radius 3 is 2.36 bits per heavy atom. The number of nitrogens with one attached hydrogen (secondary N) is 1. The molecule has 2 N–H and O–H groups in total. The normalized spacial score (nSPS) is 10.1. The van der Waals surface area contributed by atoms with Gasteiger partial charge >= 0.3 is 5.97 Å². The molecule has 0 atom stereocenters. The maximum Gasteiger partial charge on any atom is 0.341 e. The number of aliphatic carboxylic acids is 1. The van der Waals surface area contributed by atoms with E-state index in [0.29, 0.717) is 18.0 Å². The molecule has 0 radical (unpaired) electrons. The zero-order valence-corrected chi connectivity index (χ0v) is 14.0. The summed E-state index contributed by atoms with van der Waals surface area (Å²) in [5.41, 5.74) is 2.02. The molecule has 1 amide bonds. The van der Waals surface area contributed by atoms with E-state index in [2.05, 4.69) is 12.2 Å². The van der Waals surface area contributed by atoms with Crippen molar-refractivity contribution in [3.63, 3.8) is 0 Å². The molecule has 6 heteroatoms. The summed E-state index contributed by atoms with van der Waals surface area (Å²) < 4.78 is 10.5. The molecule has 0 aliphatic carbocycles. The van der Waals surface area contributed by atoms with Crippen LogP contribution in [0, 0.1) is 0 Å². The standard InChI is InChI=1S/C19H21NO5/c1-2-14-6-8-16(9-7-14)24-12-18(21)20-11-15-4-3-5-17(10-15)25-13-19(22)23/h3-10H,2,11-13H2,1H3,(H,20,21)(H,22,23). The first-order valence-electron chi connectivity index (χ1n) is 7.99. The van der Waals surface area contributed by atoms with Gasteiger partial charge in [0.25, 0.3) is 5.91 Å². The number of benzene rings is 2. The van der Waals surface area contributed by atoms with E-state index in [4.69, 9.17) is 14.6 Å². The summed E-state index contributed by atoms with van der Waals surface area (Å²) >= 11 is 0. The fourth-order valence-corrected chi connectivity index (χ4v) is 2.11. The second-order valence-electron chi connectivity index (χ2n) is 5.39. The van der Waals surface area contributed by atoms with E-state index in [1.165, 1.54) is 5.56 Å². The highest BCUT2D eigenvalue weighted by molar-refractivity contribution is 5.77. The smallest absolute Gasteiger partial charge is 0.341 e. The van der Waals surface area contributed by atoms with E-state index < -0.39 is 12.6 Å². The van der Waals surface area contributed by atoms with E-state index in [0.717, 1.165) is 12.0 Å². The summed E-state index contributed by atoms with van der Waals surface area (Å²) in [7, 11) is 0. The fraction of sp³-hybridized carbons (Fsp3) is 0.263. The van der Waals surface area contributed by atoms with Gasteiger partial charge in [-0.3, -0.25) is 4.79 Å². The molecule has 0 bridgehead atoms. The van der Waals surface area contributed by atoms with Crippen molar-refractivity contribution in [2.45, 2.75) is 19.9 Å². The zero-order valence-electron chi connectivity index (χ0n) is 14.0. The first-order chi connectivity index (χ1) is 12.1. The number of ether oxygens (including phenoxy) is 2. The van der Waals surface area contributed by atoms with Crippen molar-refractivity contribution in [3.05, 3.63) is 59.7 Å². The Hall–Kier alpha value is -3.02. The Kier molecular flexibility index (Phi) is 6.83. The topological polar surface area (TPSA) is 84.9 Å². The van der Waals surface area contributed by atoms with Gasteiger partial charge in [-0.2, -0.15) is 0 Å². The molecule has 2 rings (SSSR count). The SMILES string of the molecule is CCc1ccc(OCC(=O)NCc2cccc(OCC(=O)O)c2)cc1. The Bertz CT molecular complexity index is 712. The molecule has 2 aromatic carbocycles. The van der Waals surface area contributed by atoms with Crippen molar-refractivity contribution in [1.82, 2.24) is 5.32 Å². The van der Waals surface area contributed by atoms with E-state index in [9.17, 15) is 9.59 Å². The lowest BCUT2D eigenvalue weighted by Crippen LogP contribution is -2.28. The fourth-order valence-electron chi connectivity index (χ4n) is 2.11. The lowest BCUT2D eigenvalue weighted by Gasteiger charge is -2.09. The first-order valence-corrected chi connectivity index (χ1v) is 7.99. The third kappa shape index (κ3) is 6.55. The third-order valence-corrected chi connectivity index (χ3v) is 3.45. The summed E-state index contributed by atoms with van der Waals surface area (Å²) in [6, 6.07) is 14.5. The minimum absolute atomic E-state index is 0.0688. The van der Waals surface area contributed by atoms with Gasteiger partial charge in [0.2, 0.25) is 0 Å². The Morgan fingerprint density at radius 1 is 0.960 bits per heavy atom. The number of carbonyl (C=O) groups excluding carboxylic acids is 1. The maximum atomic E-state index is 11.9. The first kappa shape index (κ1) is 18.3. The van der Waals surface area contributed by atoms with Crippen LogP contribution in [0.2, 0.25) is 0 Å². The number of carboxylic acid groups (broad SMARTS) is 1. The molecule has 0 fully saturated rings. The Labute approximate surface area is 146 Å². The molecular formula is C19H21NO5. The van der Waals surface area contributed by atoms with E-state index in [1.807, 2.05) is 30.3 Å². The molecule has 132 valence electrons. The second kappa shape index (κ2) is 9.32. The van der Waals surface area contributed by atoms with E-state index in [1.54, 1.807) is 18.2 Å². The van der Waals surface area contributed by atoms with Gasteiger partial charge in [-0.05, 0) is 41.8 Å². The lowest BCUT2D eigenvalue weighted by molar-refractivity contribution is -0.139. The van der Waals surface area contributed by atoms with Crippen molar-refractivity contribution in [1.29, 1.82) is 0 Å². The number of hydrogen-bond donors (Lipinski definition) is 2. The minimum atomic E-state index is -1.04. The van der Waals surface area contributed by atoms with Gasteiger partial charge in [0, 0.05) is 6.54 Å². The second-order valence-corrected chi connectivity index (χ2v) is 5.39. The van der Waals surface area contributed by atoms with Crippen molar-refractivity contribution >= 4 is 11.9 Å². The van der Waals surface area contributed by atoms with Crippen LogP contribution in [0.4, 0.5) is 0 Å². The van der Waals surface area contributed by atoms with Crippen LogP contribution in [-0.4, -0.2) is 30.2 Å². The molecule has 2 aromatic rings. The number of carbonyl (C=O) groups is 2. The van der Waals surface area contributed by atoms with Gasteiger partial charge in [-0.1, -0.05) is 31.2 Å². The van der Waals surface area contributed by atoms with Gasteiger partial charge in [-0.15, -0.1) is 0 Å². The summed E-state index contributed by atoms with van der Waals surface area (Å²) in [5, 5.41) is 11.4. The molecule has 0 heterocycles. The predicted molar refractivity (Wildman–Crippen MR) is 92.7 cm³/mol. The number of amides is 1. The highest BCUT2D eigenvalue weighted by atomic mass is 16.5. The van der Waals surface area contributed by atoms with Crippen LogP contribution in [0.15, 0.2) is 48.5 Å². The van der Waals surface area contributed by atoms with Gasteiger partial charge in [0.15, 0.2) is 13.2 Å². The highest BCUT2D eigenvalue weighted by Gasteiger charge is 2.05. The molecule has 0 saturated carbocycles. The zero-order chi connectivity index (χ0) is 18.1. The largest absolute Gasteiger partial charge is 0.484 e. The number of aryl methyl sites for hydroxylation is 1. The van der Waals surface area contributed by atoms with Crippen molar-refractivity contribution < 1.29 is 24.2 Å². The predicted octanol–water partition coefficient (Wildman–Crippen LogP) is 2.41. The molecule has 0 aromatic heterocycles. The average molecular weight is 343 g/mol. The minimum Gasteiger partial charge on any atom is -0.484 e. The molecule has 0 aliphatic rings. The van der Waals surface area contributed by atoms with Crippen molar-refractivity contribution in [3.8, 4) is 11.5 Å². The van der Waals surface area contributed by atoms with Crippen LogP contribution < -0.4 is 14.8 Å². The molecule has 25 heavy (non-hydrogen) atoms. The third-order valence-electron chi connectivity index (χ3n) is 3.45. The Morgan fingerprint density at radius 2 is 1.68 bits per heavy atom. The molecular weight excluding hydrogens is 322 g/mol. The van der Waals surface area contributed by atoms with Gasteiger partial charge < -0.3 is 19.9 Å². The summed E-state index contributed by atoms with van der Waals surface area (Å²) in [6.45, 7) is 1.91. The highest BCUT2D eigenvalue weighted by Crippen LogP contribution is 2.14. The molecule has 0 saturated heterocycles. The molecule has 6 nitrogen and oxygen atoms in total. The van der Waals surface area contributed by atoms with Crippen LogP contribution in [0.1, 0.15) is 18.1 Å². The summed E-state index contributed by atoms with van der Waals surface area (Å²) in [4.78, 5) is 22.4. The van der Waals surface area contributed by atoms with Crippen LogP contribution in [0.5, 0.6) is 11.5 Å². The van der Waals surface area contributed by atoms with Crippen LogP contribution in [-0.2, 0) is 22.6 Å². The quantitative estimate of drug-likeness (QED) is 0.730. The summed E-state index contributed by atoms with van der Waals surface area (Å²) in [5.74, 6) is -0.183. The van der Waals surface area contributed by atoms with Crippen LogP contribution >= 0.6 is 0 Å². The number of hydrogen-bond acceptors (Lipinski definition) is 4. The lowest BCUT2D eigenvalue weighted by atomic mass is 10.2. The summed E-state index contributed by atoms with van der Waals surface area (Å²) in [6.07, 6.45) is 0.954. The Balaban J connectivity index is 1.77. The maximum absolute atomic E-state index is 11.9. The average Bonchev–Trinajstić information content (AvgIpc) is 2.63. The van der Waals surface area contributed by atoms with Gasteiger partial charge in [0.05, 0.1) is 0 Å².